The van der Waals surface area contributed by atoms with E-state index in [-0.39, 0.29) is 16.3 Å². The van der Waals surface area contributed by atoms with Crippen molar-refractivity contribution in [2.45, 2.75) is 0 Å². The number of nitrogens with zero attached hydrogens (tertiary/aromatic N) is 1. The second kappa shape index (κ2) is 7.33. The molecule has 0 saturated carbocycles. The van der Waals surface area contributed by atoms with E-state index in [1.54, 1.807) is 0 Å². The SMILES string of the molecule is O=C(COC(=O)c1cncc(Br)c1)Nc1ccc(Cl)cc1F. The molecule has 1 N–H and O–H groups in total. The van der Waals surface area contributed by atoms with E-state index in [9.17, 15) is 14.0 Å². The maximum absolute atomic E-state index is 13.5. The lowest BCUT2D eigenvalue weighted by Gasteiger charge is -2.07. The maximum Gasteiger partial charge on any atom is 0.340 e. The molecule has 0 radical (unpaired) electrons. The number of anilines is 1. The Morgan fingerprint density at radius 3 is 2.77 bits per heavy atom. The third kappa shape index (κ3) is 4.51. The Labute approximate surface area is 138 Å². The zero-order valence-electron chi connectivity index (χ0n) is 11.0. The number of carbonyl (C=O) groups is 2. The predicted molar refractivity (Wildman–Crippen MR) is 82.3 cm³/mol. The number of nitrogens with one attached hydrogen (secondary N) is 1. The van der Waals surface area contributed by atoms with E-state index < -0.39 is 24.3 Å². The topological polar surface area (TPSA) is 68.3 Å². The highest BCUT2D eigenvalue weighted by Gasteiger charge is 2.12. The third-order valence-electron chi connectivity index (χ3n) is 2.48. The number of rotatable bonds is 4. The standard InChI is InChI=1S/C14H9BrClFN2O3/c15-9-3-8(5-18-6-9)14(21)22-7-13(20)19-12-2-1-10(16)4-11(12)17/h1-6H,7H2,(H,19,20). The van der Waals surface area contributed by atoms with Gasteiger partial charge in [0.2, 0.25) is 0 Å². The first-order chi connectivity index (χ1) is 10.5. The van der Waals surface area contributed by atoms with E-state index in [0.717, 1.165) is 6.07 Å². The first-order valence-electron chi connectivity index (χ1n) is 5.98. The number of esters is 1. The van der Waals surface area contributed by atoms with Crippen LogP contribution in [0, 0.1) is 5.82 Å². The van der Waals surface area contributed by atoms with E-state index in [4.69, 9.17) is 16.3 Å². The highest BCUT2D eigenvalue weighted by Crippen LogP contribution is 2.18. The fourth-order valence-electron chi connectivity index (χ4n) is 1.52. The number of hydrogen-bond acceptors (Lipinski definition) is 4. The molecule has 1 heterocycles. The van der Waals surface area contributed by atoms with Gasteiger partial charge in [-0.05, 0) is 40.2 Å². The second-order valence-corrected chi connectivity index (χ2v) is 5.49. The summed E-state index contributed by atoms with van der Waals surface area (Å²) in [6.07, 6.45) is 2.82. The minimum Gasteiger partial charge on any atom is -0.452 e. The van der Waals surface area contributed by atoms with Gasteiger partial charge in [-0.25, -0.2) is 9.18 Å². The zero-order chi connectivity index (χ0) is 16.1. The molecule has 8 heteroatoms. The molecule has 0 spiro atoms. The van der Waals surface area contributed by atoms with Gasteiger partial charge < -0.3 is 10.1 Å². The number of carbonyl (C=O) groups excluding carboxylic acids is 2. The van der Waals surface area contributed by atoms with Crippen molar-refractivity contribution in [3.8, 4) is 0 Å². The van der Waals surface area contributed by atoms with Crippen LogP contribution in [-0.2, 0) is 9.53 Å². The van der Waals surface area contributed by atoms with Gasteiger partial charge in [-0.3, -0.25) is 9.78 Å². The molecule has 1 amide bonds. The van der Waals surface area contributed by atoms with E-state index >= 15 is 0 Å². The Morgan fingerprint density at radius 2 is 2.09 bits per heavy atom. The van der Waals surface area contributed by atoms with E-state index in [1.807, 2.05) is 0 Å². The lowest BCUT2D eigenvalue weighted by atomic mass is 10.3. The van der Waals surface area contributed by atoms with Gasteiger partial charge >= 0.3 is 5.97 Å². The Balaban J connectivity index is 1.91. The summed E-state index contributed by atoms with van der Waals surface area (Å²) in [5.41, 5.74) is 0.148. The molecule has 1 aromatic carbocycles. The molecule has 0 saturated heterocycles. The van der Waals surface area contributed by atoms with Crippen molar-refractivity contribution in [2.75, 3.05) is 11.9 Å². The lowest BCUT2D eigenvalue weighted by Crippen LogP contribution is -2.21. The molecule has 0 unspecified atom stereocenters. The molecule has 2 aromatic rings. The van der Waals surface area contributed by atoms with Crippen LogP contribution in [0.25, 0.3) is 0 Å². The monoisotopic (exact) mass is 386 g/mol. The van der Waals surface area contributed by atoms with E-state index in [0.29, 0.717) is 4.47 Å². The van der Waals surface area contributed by atoms with Gasteiger partial charge in [-0.15, -0.1) is 0 Å². The smallest absolute Gasteiger partial charge is 0.340 e. The zero-order valence-corrected chi connectivity index (χ0v) is 13.3. The summed E-state index contributed by atoms with van der Waals surface area (Å²) < 4.78 is 18.9. The van der Waals surface area contributed by atoms with Gasteiger partial charge in [-0.2, -0.15) is 0 Å². The molecule has 0 aliphatic carbocycles. The number of hydrogen-bond donors (Lipinski definition) is 1. The second-order valence-electron chi connectivity index (χ2n) is 4.14. The first-order valence-corrected chi connectivity index (χ1v) is 7.15. The van der Waals surface area contributed by atoms with Crippen molar-refractivity contribution in [3.63, 3.8) is 0 Å². The Hall–Kier alpha value is -1.99. The summed E-state index contributed by atoms with van der Waals surface area (Å²) in [6.45, 7) is -0.548. The summed E-state index contributed by atoms with van der Waals surface area (Å²) in [4.78, 5) is 27.2. The van der Waals surface area contributed by atoms with Gasteiger partial charge in [-0.1, -0.05) is 11.6 Å². The van der Waals surface area contributed by atoms with Crippen LogP contribution in [-0.4, -0.2) is 23.5 Å². The van der Waals surface area contributed by atoms with Crippen LogP contribution in [0.15, 0.2) is 41.1 Å². The molecule has 0 aliphatic rings. The van der Waals surface area contributed by atoms with Crippen molar-refractivity contribution in [2.24, 2.45) is 0 Å². The van der Waals surface area contributed by atoms with E-state index in [2.05, 4.69) is 26.2 Å². The van der Waals surface area contributed by atoms with Crippen molar-refractivity contribution < 1.29 is 18.7 Å². The van der Waals surface area contributed by atoms with Crippen molar-refractivity contribution in [1.82, 2.24) is 4.98 Å². The van der Waals surface area contributed by atoms with Crippen LogP contribution in [0.2, 0.25) is 5.02 Å². The predicted octanol–water partition coefficient (Wildman–Crippen LogP) is 3.43. The molecule has 2 rings (SSSR count). The molecule has 0 bridgehead atoms. The van der Waals surface area contributed by atoms with Gasteiger partial charge in [0, 0.05) is 21.9 Å². The number of aromatic nitrogens is 1. The number of ether oxygens (including phenoxy) is 1. The fraction of sp³-hybridized carbons (Fsp3) is 0.0714. The van der Waals surface area contributed by atoms with Crippen LogP contribution in [0.4, 0.5) is 10.1 Å². The normalized spacial score (nSPS) is 10.1. The van der Waals surface area contributed by atoms with Crippen molar-refractivity contribution in [3.05, 3.63) is 57.5 Å². The molecular weight excluding hydrogens is 379 g/mol. The summed E-state index contributed by atoms with van der Waals surface area (Å²) in [5.74, 6) is -2.05. The van der Waals surface area contributed by atoms with Gasteiger partial charge in [0.1, 0.15) is 5.82 Å². The van der Waals surface area contributed by atoms with Crippen LogP contribution in [0.1, 0.15) is 10.4 Å². The van der Waals surface area contributed by atoms with Gasteiger partial charge in [0.25, 0.3) is 5.91 Å². The van der Waals surface area contributed by atoms with Crippen molar-refractivity contribution in [1.29, 1.82) is 0 Å². The average molecular weight is 388 g/mol. The number of amides is 1. The molecule has 114 valence electrons. The molecule has 1 aromatic heterocycles. The average Bonchev–Trinajstić information content (AvgIpc) is 2.47. The molecule has 0 aliphatic heterocycles. The molecule has 5 nitrogen and oxygen atoms in total. The number of halogens is 3. The van der Waals surface area contributed by atoms with Gasteiger partial charge in [0.05, 0.1) is 11.3 Å². The summed E-state index contributed by atoms with van der Waals surface area (Å²) >= 11 is 8.77. The fourth-order valence-corrected chi connectivity index (χ4v) is 2.04. The minimum atomic E-state index is -0.708. The molecule has 0 atom stereocenters. The summed E-state index contributed by atoms with van der Waals surface area (Å²) in [5, 5.41) is 2.49. The highest BCUT2D eigenvalue weighted by molar-refractivity contribution is 9.10. The molecule has 22 heavy (non-hydrogen) atoms. The summed E-state index contributed by atoms with van der Waals surface area (Å²) in [7, 11) is 0. The van der Waals surface area contributed by atoms with Gasteiger partial charge in [0.15, 0.2) is 6.61 Å². The van der Waals surface area contributed by atoms with Crippen molar-refractivity contribution >= 4 is 45.1 Å². The first kappa shape index (κ1) is 16.4. The van der Waals surface area contributed by atoms with Crippen LogP contribution < -0.4 is 5.32 Å². The van der Waals surface area contributed by atoms with Crippen LogP contribution >= 0.6 is 27.5 Å². The summed E-state index contributed by atoms with van der Waals surface area (Å²) in [6, 6.07) is 5.32. The highest BCUT2D eigenvalue weighted by atomic mass is 79.9. The molecule has 0 fully saturated rings. The van der Waals surface area contributed by atoms with Crippen LogP contribution in [0.5, 0.6) is 0 Å². The quantitative estimate of drug-likeness (QED) is 0.816. The Bertz CT molecular complexity index is 727. The van der Waals surface area contributed by atoms with Crippen LogP contribution in [0.3, 0.4) is 0 Å². The molecular formula is C14H9BrClFN2O3. The maximum atomic E-state index is 13.5. The minimum absolute atomic E-state index is 0.0467. The Morgan fingerprint density at radius 1 is 1.32 bits per heavy atom. The number of pyridine rings is 1. The third-order valence-corrected chi connectivity index (χ3v) is 3.15. The lowest BCUT2D eigenvalue weighted by molar-refractivity contribution is -0.119. The van der Waals surface area contributed by atoms with E-state index in [1.165, 1.54) is 30.6 Å². The Kier molecular flexibility index (Phi) is 5.46. The number of benzene rings is 1. The largest absolute Gasteiger partial charge is 0.452 e.